The minimum atomic E-state index is -0.433. The van der Waals surface area contributed by atoms with Gasteiger partial charge in [0.25, 0.3) is 0 Å². The predicted molar refractivity (Wildman–Crippen MR) is 62.9 cm³/mol. The lowest BCUT2D eigenvalue weighted by atomic mass is 9.96. The van der Waals surface area contributed by atoms with Gasteiger partial charge in [0.1, 0.15) is 0 Å². The van der Waals surface area contributed by atoms with Gasteiger partial charge in [-0.1, -0.05) is 13.8 Å². The van der Waals surface area contributed by atoms with E-state index in [2.05, 4.69) is 18.7 Å². The first-order valence-corrected chi connectivity index (χ1v) is 6.63. The second-order valence-corrected chi connectivity index (χ2v) is 5.54. The normalized spacial score (nSPS) is 22.4. The summed E-state index contributed by atoms with van der Waals surface area (Å²) in [6, 6.07) is 0.801. The maximum absolute atomic E-state index is 10.4. The van der Waals surface area contributed by atoms with Gasteiger partial charge < -0.3 is 5.11 Å². The topological polar surface area (TPSA) is 23.5 Å². The third kappa shape index (κ3) is 3.18. The van der Waals surface area contributed by atoms with E-state index in [1.807, 2.05) is 0 Å². The lowest BCUT2D eigenvalue weighted by Gasteiger charge is -2.33. The molecule has 0 aromatic heterocycles. The fraction of sp³-hybridized carbons (Fsp3) is 1.00. The number of nitrogens with zero attached hydrogens (tertiary/aromatic N) is 1. The highest BCUT2D eigenvalue weighted by Gasteiger charge is 2.37. The van der Waals surface area contributed by atoms with Crippen molar-refractivity contribution in [3.05, 3.63) is 0 Å². The Labute approximate surface area is 93.7 Å². The number of hydrogen-bond acceptors (Lipinski definition) is 2. The summed E-state index contributed by atoms with van der Waals surface area (Å²) in [5.41, 5.74) is -0.433. The summed E-state index contributed by atoms with van der Waals surface area (Å²) in [5, 5.41) is 10.4. The minimum absolute atomic E-state index is 0.433. The molecular formula is C13H25NO. The van der Waals surface area contributed by atoms with Crippen LogP contribution < -0.4 is 0 Å². The molecule has 0 unspecified atom stereocenters. The summed E-state index contributed by atoms with van der Waals surface area (Å²) in [6.07, 6.45) is 7.32. The second kappa shape index (κ2) is 4.42. The van der Waals surface area contributed by atoms with Gasteiger partial charge >= 0.3 is 0 Å². The van der Waals surface area contributed by atoms with Gasteiger partial charge in [-0.2, -0.15) is 0 Å². The summed E-state index contributed by atoms with van der Waals surface area (Å²) in [7, 11) is 0. The molecule has 0 radical (unpaired) electrons. The third-order valence-corrected chi connectivity index (χ3v) is 4.07. The first-order valence-electron chi connectivity index (χ1n) is 6.63. The summed E-state index contributed by atoms with van der Waals surface area (Å²) >= 11 is 0. The van der Waals surface area contributed by atoms with Crippen molar-refractivity contribution in [1.82, 2.24) is 4.90 Å². The van der Waals surface area contributed by atoms with Gasteiger partial charge in [0.2, 0.25) is 0 Å². The van der Waals surface area contributed by atoms with Crippen LogP contribution in [0.25, 0.3) is 0 Å². The Hall–Kier alpha value is -0.0800. The summed E-state index contributed by atoms with van der Waals surface area (Å²) in [5.74, 6) is 0.948. The second-order valence-electron chi connectivity index (χ2n) is 5.54. The molecule has 0 heterocycles. The molecule has 0 aromatic rings. The average molecular weight is 211 g/mol. The van der Waals surface area contributed by atoms with Crippen LogP contribution in [-0.4, -0.2) is 34.7 Å². The lowest BCUT2D eigenvalue weighted by Crippen LogP contribution is -2.44. The highest BCUT2D eigenvalue weighted by atomic mass is 16.3. The van der Waals surface area contributed by atoms with Crippen LogP contribution in [0.15, 0.2) is 0 Å². The van der Waals surface area contributed by atoms with Crippen LogP contribution in [0.5, 0.6) is 0 Å². The SMILES string of the molecule is CCC(O)(CC)CN(CC1CC1)C1CC1. The third-order valence-electron chi connectivity index (χ3n) is 4.07. The van der Waals surface area contributed by atoms with Gasteiger partial charge in [-0.3, -0.25) is 4.90 Å². The van der Waals surface area contributed by atoms with E-state index in [9.17, 15) is 5.11 Å². The molecule has 15 heavy (non-hydrogen) atoms. The van der Waals surface area contributed by atoms with Crippen molar-refractivity contribution in [2.75, 3.05) is 13.1 Å². The number of rotatable bonds is 7. The molecule has 0 bridgehead atoms. The molecular weight excluding hydrogens is 186 g/mol. The fourth-order valence-electron chi connectivity index (χ4n) is 2.27. The summed E-state index contributed by atoms with van der Waals surface area (Å²) < 4.78 is 0. The Kier molecular flexibility index (Phi) is 3.36. The van der Waals surface area contributed by atoms with Gasteiger partial charge in [0.15, 0.2) is 0 Å². The number of hydrogen-bond donors (Lipinski definition) is 1. The van der Waals surface area contributed by atoms with Crippen molar-refractivity contribution in [1.29, 1.82) is 0 Å². The van der Waals surface area contributed by atoms with Crippen molar-refractivity contribution < 1.29 is 5.11 Å². The Balaban J connectivity index is 1.86. The zero-order valence-electron chi connectivity index (χ0n) is 10.2. The molecule has 2 nitrogen and oxygen atoms in total. The van der Waals surface area contributed by atoms with Crippen molar-refractivity contribution in [3.63, 3.8) is 0 Å². The Morgan fingerprint density at radius 1 is 1.13 bits per heavy atom. The smallest absolute Gasteiger partial charge is 0.0769 e. The van der Waals surface area contributed by atoms with Gasteiger partial charge in [-0.05, 0) is 44.4 Å². The molecule has 0 saturated heterocycles. The van der Waals surface area contributed by atoms with E-state index in [1.54, 1.807) is 0 Å². The highest BCUT2D eigenvalue weighted by Crippen LogP contribution is 2.36. The first-order chi connectivity index (χ1) is 7.17. The quantitative estimate of drug-likeness (QED) is 0.699. The Morgan fingerprint density at radius 2 is 1.73 bits per heavy atom. The maximum Gasteiger partial charge on any atom is 0.0769 e. The molecule has 0 aromatic carbocycles. The molecule has 2 saturated carbocycles. The van der Waals surface area contributed by atoms with Crippen LogP contribution >= 0.6 is 0 Å². The van der Waals surface area contributed by atoms with E-state index < -0.39 is 5.60 Å². The van der Waals surface area contributed by atoms with Crippen LogP contribution in [0.4, 0.5) is 0 Å². The molecule has 0 spiro atoms. The monoisotopic (exact) mass is 211 g/mol. The number of aliphatic hydroxyl groups is 1. The zero-order valence-corrected chi connectivity index (χ0v) is 10.2. The van der Waals surface area contributed by atoms with Crippen molar-refractivity contribution in [2.45, 2.75) is 64.0 Å². The summed E-state index contributed by atoms with van der Waals surface area (Å²) in [4.78, 5) is 2.56. The van der Waals surface area contributed by atoms with Gasteiger partial charge in [0, 0.05) is 19.1 Å². The fourth-order valence-corrected chi connectivity index (χ4v) is 2.27. The zero-order chi connectivity index (χ0) is 10.9. The van der Waals surface area contributed by atoms with Crippen LogP contribution in [0.1, 0.15) is 52.4 Å². The average Bonchev–Trinajstić information content (AvgIpc) is 3.07. The Bertz CT molecular complexity index is 205. The van der Waals surface area contributed by atoms with E-state index in [4.69, 9.17) is 0 Å². The molecule has 88 valence electrons. The standard InChI is InChI=1S/C13H25NO/c1-3-13(15,4-2)10-14(12-7-8-12)9-11-5-6-11/h11-12,15H,3-10H2,1-2H3. The molecule has 0 amide bonds. The molecule has 0 aliphatic heterocycles. The minimum Gasteiger partial charge on any atom is -0.389 e. The molecule has 2 aliphatic carbocycles. The maximum atomic E-state index is 10.4. The van der Waals surface area contributed by atoms with E-state index in [1.165, 1.54) is 32.2 Å². The van der Waals surface area contributed by atoms with Crippen molar-refractivity contribution in [3.8, 4) is 0 Å². The largest absolute Gasteiger partial charge is 0.389 e. The molecule has 2 aliphatic rings. The first kappa shape index (κ1) is 11.4. The van der Waals surface area contributed by atoms with E-state index >= 15 is 0 Å². The molecule has 2 rings (SSSR count). The van der Waals surface area contributed by atoms with Gasteiger partial charge in [-0.25, -0.2) is 0 Å². The molecule has 1 N–H and O–H groups in total. The molecule has 2 heteroatoms. The van der Waals surface area contributed by atoms with Crippen molar-refractivity contribution in [2.24, 2.45) is 5.92 Å². The van der Waals surface area contributed by atoms with Gasteiger partial charge in [-0.15, -0.1) is 0 Å². The van der Waals surface area contributed by atoms with E-state index in [0.717, 1.165) is 31.3 Å². The van der Waals surface area contributed by atoms with E-state index in [0.29, 0.717) is 0 Å². The van der Waals surface area contributed by atoms with Crippen LogP contribution in [0.2, 0.25) is 0 Å². The van der Waals surface area contributed by atoms with Gasteiger partial charge in [0.05, 0.1) is 5.60 Å². The van der Waals surface area contributed by atoms with E-state index in [-0.39, 0.29) is 0 Å². The van der Waals surface area contributed by atoms with Crippen molar-refractivity contribution >= 4 is 0 Å². The predicted octanol–water partition coefficient (Wildman–Crippen LogP) is 2.41. The lowest BCUT2D eigenvalue weighted by molar-refractivity contribution is -0.00686. The van der Waals surface area contributed by atoms with Crippen LogP contribution in [0, 0.1) is 5.92 Å². The molecule has 2 fully saturated rings. The molecule has 0 atom stereocenters. The van der Waals surface area contributed by atoms with Crippen LogP contribution in [-0.2, 0) is 0 Å². The Morgan fingerprint density at radius 3 is 2.13 bits per heavy atom. The van der Waals surface area contributed by atoms with Crippen LogP contribution in [0.3, 0.4) is 0 Å². The summed E-state index contributed by atoms with van der Waals surface area (Å²) in [6.45, 7) is 6.35. The highest BCUT2D eigenvalue weighted by molar-refractivity contribution is 4.92.